The molecule has 0 amide bonds. The number of ketones is 1. The quantitative estimate of drug-likeness (QED) is 0.560. The van der Waals surface area contributed by atoms with Crippen LogP contribution in [0.15, 0.2) is 0 Å². The number of unbranched alkanes of at least 4 members (excludes halogenated alkanes) is 1. The van der Waals surface area contributed by atoms with E-state index >= 15 is 0 Å². The molecule has 0 aliphatic heterocycles. The smallest absolute Gasteiger partial charge is 0.542 e. The zero-order valence-corrected chi connectivity index (χ0v) is 10.9. The molecule has 0 spiro atoms. The summed E-state index contributed by atoms with van der Waals surface area (Å²) < 4.78 is 0. The Morgan fingerprint density at radius 3 is 1.77 bits per heavy atom. The number of Topliss-reactive ketones (excluding diaryl/α,β-unsaturated/α-hetero) is 1. The number of carbonyl (C=O) groups excluding carboxylic acids is 3. The Morgan fingerprint density at radius 2 is 1.77 bits per heavy atom. The first kappa shape index (κ1) is 23.0. The summed E-state index contributed by atoms with van der Waals surface area (Å²) in [4.78, 5) is 27.4. The fourth-order valence-electron chi connectivity index (χ4n) is 0.102. The molecule has 0 rings (SSSR count). The summed E-state index contributed by atoms with van der Waals surface area (Å²) in [5.41, 5.74) is 0. The van der Waals surface area contributed by atoms with Crippen molar-refractivity contribution in [1.82, 2.24) is 0 Å². The molecule has 0 aromatic rings. The predicted octanol–water partition coefficient (Wildman–Crippen LogP) is 1.51. The van der Waals surface area contributed by atoms with E-state index in [1.807, 2.05) is 6.92 Å². The summed E-state index contributed by atoms with van der Waals surface area (Å²) in [5.74, 6) is -0.0833. The molecule has 0 fully saturated rings. The van der Waals surface area contributed by atoms with Crippen molar-refractivity contribution in [2.45, 2.75) is 33.6 Å². The summed E-state index contributed by atoms with van der Waals surface area (Å²) in [6.45, 7) is 7.81. The Bertz CT molecular complexity index is 109. The number of hydrogen-bond donors (Lipinski definition) is 0. The molecule has 0 radical (unpaired) electrons. The van der Waals surface area contributed by atoms with Crippen LogP contribution < -0.4 is 0 Å². The van der Waals surface area contributed by atoms with E-state index in [4.69, 9.17) is 4.79 Å². The first-order valence-corrected chi connectivity index (χ1v) is 3.64. The minimum atomic E-state index is -0.0833. The molecular weight excluding hydrogens is 247 g/mol. The second-order valence-corrected chi connectivity index (χ2v) is 1.83. The third kappa shape index (κ3) is 361. The Hall–Kier alpha value is -0.237. The van der Waals surface area contributed by atoms with Gasteiger partial charge in [0.15, 0.2) is 0 Å². The van der Waals surface area contributed by atoms with Crippen LogP contribution in [0.2, 0.25) is 0 Å². The Kier molecular flexibility index (Phi) is 52.7. The molecule has 74 valence electrons. The molecule has 0 saturated carbocycles. The van der Waals surface area contributed by atoms with Gasteiger partial charge in [0.1, 0.15) is 6.29 Å². The number of aldehydes is 1. The molecule has 0 aromatic heterocycles. The van der Waals surface area contributed by atoms with Gasteiger partial charge >= 0.3 is 26.2 Å². The molecule has 0 unspecified atom stereocenters. The number of carbonyl (C=O) groups is 2. The normalized spacial score (nSPS) is 5.77. The topological polar surface area (TPSA) is 51.2 Å². The predicted molar refractivity (Wildman–Crippen MR) is 48.4 cm³/mol. The van der Waals surface area contributed by atoms with Crippen molar-refractivity contribution < 1.29 is 40.6 Å². The summed E-state index contributed by atoms with van der Waals surface area (Å²) in [6, 6.07) is 0. The minimum Gasteiger partial charge on any atom is -0.542 e. The van der Waals surface area contributed by atoms with E-state index in [9.17, 15) is 9.59 Å². The van der Waals surface area contributed by atoms with Crippen molar-refractivity contribution in [3.05, 3.63) is 6.92 Å². The first-order valence-electron chi connectivity index (χ1n) is 3.64. The van der Waals surface area contributed by atoms with E-state index in [0.717, 1.165) is 12.7 Å². The zero-order chi connectivity index (χ0) is 10.4. The number of hydrogen-bond acceptors (Lipinski definition) is 3. The fourth-order valence-corrected chi connectivity index (χ4v) is 0.102. The first-order chi connectivity index (χ1) is 5.56. The molecule has 0 heterocycles. The van der Waals surface area contributed by atoms with E-state index in [1.54, 1.807) is 6.29 Å². The van der Waals surface area contributed by atoms with Crippen LogP contribution in [-0.2, 0) is 40.6 Å². The van der Waals surface area contributed by atoms with E-state index in [0.29, 0.717) is 6.42 Å². The molecule has 0 aromatic carbocycles. The standard InChI is InChI=1S/C4H7O.C3H5O.C2H4O.Zr/c1-2-3-4-5;1-3(2)4;1-2-3;/h2-3H2,1H3;1H2,2H3;2H,1H3;/q2*-1;;+2. The minimum absolute atomic E-state index is 0. The Labute approximate surface area is 99.4 Å². The molecule has 4 heteroatoms. The SMILES string of the molecule is CC=O.CCC[C-]=O.[CH2-]C(C)=O.[Zr+2]. The molecule has 0 saturated heterocycles. The van der Waals surface area contributed by atoms with Crippen molar-refractivity contribution >= 4 is 18.4 Å². The van der Waals surface area contributed by atoms with Gasteiger partial charge < -0.3 is 21.3 Å². The van der Waals surface area contributed by atoms with Gasteiger partial charge in [-0.15, -0.1) is 0 Å². The summed E-state index contributed by atoms with van der Waals surface area (Å²) in [5, 5.41) is 0. The van der Waals surface area contributed by atoms with Crippen LogP contribution in [0, 0.1) is 6.92 Å². The molecular formula is C9H16O3Zr. The molecule has 3 nitrogen and oxygen atoms in total. The van der Waals surface area contributed by atoms with Gasteiger partial charge in [-0.1, -0.05) is 13.3 Å². The molecule has 0 aliphatic carbocycles. The maximum absolute atomic E-state index is 9.33. The summed E-state index contributed by atoms with van der Waals surface area (Å²) in [6.07, 6.45) is 4.02. The molecule has 13 heavy (non-hydrogen) atoms. The van der Waals surface area contributed by atoms with E-state index in [1.165, 1.54) is 13.8 Å². The maximum atomic E-state index is 9.33. The largest absolute Gasteiger partial charge is 2.00 e. The Morgan fingerprint density at radius 1 is 1.54 bits per heavy atom. The van der Waals surface area contributed by atoms with Gasteiger partial charge in [0.25, 0.3) is 0 Å². The van der Waals surface area contributed by atoms with Gasteiger partial charge in [0, 0.05) is 0 Å². The fraction of sp³-hybridized carbons (Fsp3) is 0.556. The van der Waals surface area contributed by atoms with Crippen molar-refractivity contribution in [2.24, 2.45) is 0 Å². The van der Waals surface area contributed by atoms with Gasteiger partial charge in [-0.3, -0.25) is 6.29 Å². The van der Waals surface area contributed by atoms with Gasteiger partial charge in [-0.2, -0.15) is 6.42 Å². The average molecular weight is 263 g/mol. The van der Waals surface area contributed by atoms with Crippen molar-refractivity contribution in [2.75, 3.05) is 0 Å². The van der Waals surface area contributed by atoms with Crippen molar-refractivity contribution in [1.29, 1.82) is 0 Å². The van der Waals surface area contributed by atoms with Crippen LogP contribution in [0.1, 0.15) is 33.6 Å². The second-order valence-electron chi connectivity index (χ2n) is 1.83. The second kappa shape index (κ2) is 29.8. The van der Waals surface area contributed by atoms with Gasteiger partial charge in [0.2, 0.25) is 0 Å². The molecule has 0 atom stereocenters. The van der Waals surface area contributed by atoms with E-state index in [-0.39, 0.29) is 32.0 Å². The third-order valence-corrected chi connectivity index (χ3v) is 0.352. The number of rotatable bonds is 2. The van der Waals surface area contributed by atoms with Crippen LogP contribution in [0.3, 0.4) is 0 Å². The van der Waals surface area contributed by atoms with Crippen LogP contribution in [0.5, 0.6) is 0 Å². The summed E-state index contributed by atoms with van der Waals surface area (Å²) in [7, 11) is 0. The molecule has 0 N–H and O–H groups in total. The van der Waals surface area contributed by atoms with Crippen LogP contribution in [0.4, 0.5) is 0 Å². The molecule has 0 aliphatic rings. The van der Waals surface area contributed by atoms with Crippen molar-refractivity contribution in [3.63, 3.8) is 0 Å². The van der Waals surface area contributed by atoms with E-state index < -0.39 is 0 Å². The van der Waals surface area contributed by atoms with Crippen molar-refractivity contribution in [3.8, 4) is 0 Å². The third-order valence-electron chi connectivity index (χ3n) is 0.352. The Balaban J connectivity index is -0.0000000465. The maximum Gasteiger partial charge on any atom is 2.00 e. The van der Waals surface area contributed by atoms with E-state index in [2.05, 4.69) is 6.92 Å². The summed E-state index contributed by atoms with van der Waals surface area (Å²) >= 11 is 0. The van der Waals surface area contributed by atoms with Crippen LogP contribution >= 0.6 is 0 Å². The van der Waals surface area contributed by atoms with Crippen LogP contribution in [-0.4, -0.2) is 18.4 Å². The van der Waals surface area contributed by atoms with Crippen LogP contribution in [0.25, 0.3) is 0 Å². The molecule has 0 bridgehead atoms. The van der Waals surface area contributed by atoms with Gasteiger partial charge in [-0.05, 0) is 19.6 Å². The van der Waals surface area contributed by atoms with Gasteiger partial charge in [0.05, 0.1) is 0 Å². The average Bonchev–Trinajstić information content (AvgIpc) is 1.89. The monoisotopic (exact) mass is 262 g/mol. The van der Waals surface area contributed by atoms with Gasteiger partial charge in [-0.25, -0.2) is 0 Å². The zero-order valence-electron chi connectivity index (χ0n) is 8.42.